The lowest BCUT2D eigenvalue weighted by Gasteiger charge is -2.17. The minimum absolute atomic E-state index is 0.235. The molecule has 0 saturated heterocycles. The van der Waals surface area contributed by atoms with Gasteiger partial charge in [0.15, 0.2) is 6.10 Å². The molecule has 1 amide bonds. The number of aryl methyl sites for hydroxylation is 2. The van der Waals surface area contributed by atoms with Crippen LogP contribution in [0.4, 0.5) is 5.69 Å². The molecule has 5 heteroatoms. The average molecular weight is 378 g/mol. The lowest BCUT2D eigenvalue weighted by atomic mass is 10.2. The smallest absolute Gasteiger partial charge is 0.265 e. The van der Waals surface area contributed by atoms with Crippen LogP contribution >= 0.6 is 15.9 Å². The van der Waals surface area contributed by atoms with Crippen molar-refractivity contribution in [2.45, 2.75) is 26.9 Å². The number of carbonyl (C=O) groups excluding carboxylic acids is 1. The van der Waals surface area contributed by atoms with Gasteiger partial charge in [-0.05, 0) is 72.1 Å². The molecular weight excluding hydrogens is 358 g/mol. The van der Waals surface area contributed by atoms with Crippen LogP contribution in [0.1, 0.15) is 18.1 Å². The highest BCUT2D eigenvalue weighted by Crippen LogP contribution is 2.28. The number of amides is 1. The van der Waals surface area contributed by atoms with Crippen LogP contribution in [0.2, 0.25) is 0 Å². The highest BCUT2D eigenvalue weighted by molar-refractivity contribution is 9.10. The van der Waals surface area contributed by atoms with E-state index in [0.717, 1.165) is 15.6 Å². The first kappa shape index (κ1) is 17.3. The fraction of sp³-hybridized carbons (Fsp3) is 0.278. The molecule has 122 valence electrons. The number of halogens is 1. The zero-order valence-corrected chi connectivity index (χ0v) is 15.2. The Hall–Kier alpha value is -2.01. The predicted octanol–water partition coefficient (Wildman–Crippen LogP) is 4.48. The van der Waals surface area contributed by atoms with Gasteiger partial charge >= 0.3 is 0 Å². The van der Waals surface area contributed by atoms with Crippen molar-refractivity contribution in [2.24, 2.45) is 0 Å². The van der Waals surface area contributed by atoms with Crippen LogP contribution in [-0.2, 0) is 4.79 Å². The molecule has 1 atom stereocenters. The molecule has 2 rings (SSSR count). The van der Waals surface area contributed by atoms with E-state index in [9.17, 15) is 4.79 Å². The number of benzene rings is 2. The molecule has 0 fully saturated rings. The Kier molecular flexibility index (Phi) is 5.66. The molecule has 0 saturated carbocycles. The van der Waals surface area contributed by atoms with E-state index in [0.29, 0.717) is 17.2 Å². The number of carbonyl (C=O) groups is 1. The van der Waals surface area contributed by atoms with Gasteiger partial charge < -0.3 is 14.8 Å². The van der Waals surface area contributed by atoms with Crippen LogP contribution < -0.4 is 14.8 Å². The Balaban J connectivity index is 2.10. The zero-order valence-electron chi connectivity index (χ0n) is 13.6. The topological polar surface area (TPSA) is 47.6 Å². The third-order valence-electron chi connectivity index (χ3n) is 3.37. The van der Waals surface area contributed by atoms with E-state index in [4.69, 9.17) is 9.47 Å². The summed E-state index contributed by atoms with van der Waals surface area (Å²) in [5.41, 5.74) is 2.79. The molecule has 0 aliphatic rings. The highest BCUT2D eigenvalue weighted by Gasteiger charge is 2.18. The summed E-state index contributed by atoms with van der Waals surface area (Å²) in [6, 6.07) is 11.4. The van der Waals surface area contributed by atoms with Gasteiger partial charge in [0, 0.05) is 0 Å². The summed E-state index contributed by atoms with van der Waals surface area (Å²) < 4.78 is 11.8. The standard InChI is InChI=1S/C18H20BrNO3/c1-11-5-7-16(14(19)9-11)23-13(3)18(21)20-15-10-12(2)6-8-17(15)22-4/h5-10,13H,1-4H3,(H,20,21)/t13-/m1/s1. The molecule has 2 aromatic carbocycles. The van der Waals surface area contributed by atoms with Gasteiger partial charge in [0.05, 0.1) is 17.3 Å². The van der Waals surface area contributed by atoms with Crippen molar-refractivity contribution in [3.63, 3.8) is 0 Å². The van der Waals surface area contributed by atoms with Crippen molar-refractivity contribution < 1.29 is 14.3 Å². The molecule has 0 bridgehead atoms. The Morgan fingerprint density at radius 1 is 1.09 bits per heavy atom. The summed E-state index contributed by atoms with van der Waals surface area (Å²) in [6.45, 7) is 5.66. The van der Waals surface area contributed by atoms with Crippen LogP contribution in [0.25, 0.3) is 0 Å². The number of methoxy groups -OCH3 is 1. The monoisotopic (exact) mass is 377 g/mol. The van der Waals surface area contributed by atoms with Crippen molar-refractivity contribution in [1.29, 1.82) is 0 Å². The third kappa shape index (κ3) is 4.48. The van der Waals surface area contributed by atoms with Gasteiger partial charge in [0.2, 0.25) is 0 Å². The van der Waals surface area contributed by atoms with E-state index in [1.165, 1.54) is 0 Å². The predicted molar refractivity (Wildman–Crippen MR) is 95.3 cm³/mol. The van der Waals surface area contributed by atoms with Crippen LogP contribution in [0.3, 0.4) is 0 Å². The molecule has 23 heavy (non-hydrogen) atoms. The maximum atomic E-state index is 12.4. The maximum absolute atomic E-state index is 12.4. The molecule has 0 heterocycles. The number of anilines is 1. The highest BCUT2D eigenvalue weighted by atomic mass is 79.9. The van der Waals surface area contributed by atoms with Gasteiger partial charge in [-0.25, -0.2) is 0 Å². The molecule has 4 nitrogen and oxygen atoms in total. The van der Waals surface area contributed by atoms with Crippen LogP contribution in [-0.4, -0.2) is 19.1 Å². The molecule has 0 aliphatic carbocycles. The largest absolute Gasteiger partial charge is 0.495 e. The van der Waals surface area contributed by atoms with Crippen molar-refractivity contribution in [1.82, 2.24) is 0 Å². The first-order valence-electron chi connectivity index (χ1n) is 7.29. The number of rotatable bonds is 5. The van der Waals surface area contributed by atoms with Gasteiger partial charge in [-0.2, -0.15) is 0 Å². The summed E-state index contributed by atoms with van der Waals surface area (Å²) >= 11 is 3.45. The van der Waals surface area contributed by atoms with Crippen molar-refractivity contribution in [3.05, 3.63) is 52.0 Å². The zero-order chi connectivity index (χ0) is 17.0. The van der Waals surface area contributed by atoms with Crippen LogP contribution in [0.15, 0.2) is 40.9 Å². The van der Waals surface area contributed by atoms with Crippen molar-refractivity contribution in [2.75, 3.05) is 12.4 Å². The second-order valence-corrected chi connectivity index (χ2v) is 6.24. The van der Waals surface area contributed by atoms with E-state index in [1.54, 1.807) is 14.0 Å². The fourth-order valence-corrected chi connectivity index (χ4v) is 2.69. The molecule has 0 radical (unpaired) electrons. The quantitative estimate of drug-likeness (QED) is 0.835. The molecule has 0 aromatic heterocycles. The Labute approximate surface area is 144 Å². The number of nitrogens with one attached hydrogen (secondary N) is 1. The van der Waals surface area contributed by atoms with Gasteiger partial charge in [-0.3, -0.25) is 4.79 Å². The summed E-state index contributed by atoms with van der Waals surface area (Å²) in [6.07, 6.45) is -0.640. The summed E-state index contributed by atoms with van der Waals surface area (Å²) in [5, 5.41) is 2.85. The first-order valence-corrected chi connectivity index (χ1v) is 8.08. The van der Waals surface area contributed by atoms with Gasteiger partial charge in [0.25, 0.3) is 5.91 Å². The van der Waals surface area contributed by atoms with Crippen LogP contribution in [0, 0.1) is 13.8 Å². The van der Waals surface area contributed by atoms with E-state index >= 15 is 0 Å². The Morgan fingerprint density at radius 2 is 1.70 bits per heavy atom. The fourth-order valence-electron chi connectivity index (χ4n) is 2.10. The second-order valence-electron chi connectivity index (χ2n) is 5.39. The molecular formula is C18H20BrNO3. The summed E-state index contributed by atoms with van der Waals surface area (Å²) in [7, 11) is 1.57. The maximum Gasteiger partial charge on any atom is 0.265 e. The van der Waals surface area contributed by atoms with Gasteiger partial charge in [-0.1, -0.05) is 12.1 Å². The van der Waals surface area contributed by atoms with E-state index in [2.05, 4.69) is 21.2 Å². The molecule has 0 aliphatic heterocycles. The number of ether oxygens (including phenoxy) is 2. The SMILES string of the molecule is COc1ccc(C)cc1NC(=O)[C@@H](C)Oc1ccc(C)cc1Br. The van der Waals surface area contributed by atoms with E-state index < -0.39 is 6.10 Å². The van der Waals surface area contributed by atoms with Crippen molar-refractivity contribution in [3.8, 4) is 11.5 Å². The number of hydrogen-bond acceptors (Lipinski definition) is 3. The van der Waals surface area contributed by atoms with Crippen LogP contribution in [0.5, 0.6) is 11.5 Å². The van der Waals surface area contributed by atoms with E-state index in [1.807, 2.05) is 50.2 Å². The number of hydrogen-bond donors (Lipinski definition) is 1. The minimum Gasteiger partial charge on any atom is -0.495 e. The normalized spacial score (nSPS) is 11.7. The average Bonchev–Trinajstić information content (AvgIpc) is 2.50. The molecule has 1 N–H and O–H groups in total. The second kappa shape index (κ2) is 7.51. The summed E-state index contributed by atoms with van der Waals surface area (Å²) in [4.78, 5) is 12.4. The molecule has 2 aromatic rings. The van der Waals surface area contributed by atoms with Gasteiger partial charge in [-0.15, -0.1) is 0 Å². The summed E-state index contributed by atoms with van der Waals surface area (Å²) in [5.74, 6) is 1.02. The first-order chi connectivity index (χ1) is 10.9. The lowest BCUT2D eigenvalue weighted by Crippen LogP contribution is -2.30. The molecule has 0 spiro atoms. The minimum atomic E-state index is -0.640. The molecule has 0 unspecified atom stereocenters. The lowest BCUT2D eigenvalue weighted by molar-refractivity contribution is -0.122. The van der Waals surface area contributed by atoms with Crippen molar-refractivity contribution >= 4 is 27.5 Å². The Morgan fingerprint density at radius 3 is 2.30 bits per heavy atom. The Bertz CT molecular complexity index is 715. The third-order valence-corrected chi connectivity index (χ3v) is 3.99. The van der Waals surface area contributed by atoms with Gasteiger partial charge in [0.1, 0.15) is 11.5 Å². The van der Waals surface area contributed by atoms with E-state index in [-0.39, 0.29) is 5.91 Å².